The molecule has 0 radical (unpaired) electrons. The number of rotatable bonds is 4. The zero-order chi connectivity index (χ0) is 14.6. The predicted molar refractivity (Wildman–Crippen MR) is 75.1 cm³/mol. The topological polar surface area (TPSA) is 81.6 Å². The summed E-state index contributed by atoms with van der Waals surface area (Å²) >= 11 is 0. The van der Waals surface area contributed by atoms with Gasteiger partial charge in [0, 0.05) is 36.7 Å². The van der Waals surface area contributed by atoms with Crippen molar-refractivity contribution in [2.45, 2.75) is 19.3 Å². The van der Waals surface area contributed by atoms with Gasteiger partial charge in [0.15, 0.2) is 0 Å². The van der Waals surface area contributed by atoms with Crippen LogP contribution in [0.3, 0.4) is 0 Å². The monoisotopic (exact) mass is 268 g/mol. The highest BCUT2D eigenvalue weighted by Crippen LogP contribution is 2.21. The van der Waals surface area contributed by atoms with Crippen molar-refractivity contribution in [3.8, 4) is 6.07 Å². The van der Waals surface area contributed by atoms with Gasteiger partial charge in [-0.15, -0.1) is 0 Å². The van der Waals surface area contributed by atoms with E-state index < -0.39 is 0 Å². The molecule has 0 aliphatic carbocycles. The SMILES string of the molecule is CC(C)(CNC(=O)c1cncc(C#N)c1)c1cc[nH]c1. The van der Waals surface area contributed by atoms with Gasteiger partial charge in [-0.2, -0.15) is 5.26 Å². The van der Waals surface area contributed by atoms with E-state index in [1.807, 2.05) is 24.5 Å². The lowest BCUT2D eigenvalue weighted by Gasteiger charge is -2.24. The van der Waals surface area contributed by atoms with Crippen LogP contribution in [0.1, 0.15) is 35.3 Å². The van der Waals surface area contributed by atoms with Gasteiger partial charge in [0.25, 0.3) is 5.91 Å². The Bertz CT molecular complexity index is 638. The Hall–Kier alpha value is -2.61. The largest absolute Gasteiger partial charge is 0.367 e. The number of pyridine rings is 1. The third-order valence-corrected chi connectivity index (χ3v) is 3.20. The second-order valence-corrected chi connectivity index (χ2v) is 5.24. The lowest BCUT2D eigenvalue weighted by Crippen LogP contribution is -2.36. The maximum Gasteiger partial charge on any atom is 0.252 e. The molecule has 0 atom stereocenters. The summed E-state index contributed by atoms with van der Waals surface area (Å²) < 4.78 is 0. The molecule has 0 unspecified atom stereocenters. The van der Waals surface area contributed by atoms with E-state index in [1.54, 1.807) is 0 Å². The number of carbonyl (C=O) groups is 1. The number of amides is 1. The molecule has 1 amide bonds. The first-order valence-electron chi connectivity index (χ1n) is 6.29. The van der Waals surface area contributed by atoms with Gasteiger partial charge >= 0.3 is 0 Å². The summed E-state index contributed by atoms with van der Waals surface area (Å²) in [5, 5.41) is 11.7. The molecule has 2 aromatic heterocycles. The molecule has 2 heterocycles. The molecule has 0 fully saturated rings. The average molecular weight is 268 g/mol. The molecule has 2 aromatic rings. The quantitative estimate of drug-likeness (QED) is 0.889. The number of aromatic nitrogens is 2. The highest BCUT2D eigenvalue weighted by molar-refractivity contribution is 5.94. The zero-order valence-electron chi connectivity index (χ0n) is 11.5. The van der Waals surface area contributed by atoms with Crippen LogP contribution < -0.4 is 5.32 Å². The Morgan fingerprint density at radius 2 is 2.30 bits per heavy atom. The van der Waals surface area contributed by atoms with Gasteiger partial charge in [-0.05, 0) is 17.7 Å². The highest BCUT2D eigenvalue weighted by atomic mass is 16.1. The van der Waals surface area contributed by atoms with Crippen LogP contribution in [-0.4, -0.2) is 22.4 Å². The zero-order valence-corrected chi connectivity index (χ0v) is 11.5. The van der Waals surface area contributed by atoms with Crippen LogP contribution in [0.25, 0.3) is 0 Å². The van der Waals surface area contributed by atoms with Crippen LogP contribution in [0, 0.1) is 11.3 Å². The average Bonchev–Trinajstić information content (AvgIpc) is 3.00. The lowest BCUT2D eigenvalue weighted by atomic mass is 9.86. The second kappa shape index (κ2) is 5.57. The van der Waals surface area contributed by atoms with Crippen LogP contribution >= 0.6 is 0 Å². The van der Waals surface area contributed by atoms with Crippen LogP contribution in [0.5, 0.6) is 0 Å². The summed E-state index contributed by atoms with van der Waals surface area (Å²) in [7, 11) is 0. The van der Waals surface area contributed by atoms with E-state index >= 15 is 0 Å². The fourth-order valence-corrected chi connectivity index (χ4v) is 1.88. The summed E-state index contributed by atoms with van der Waals surface area (Å²) in [6, 6.07) is 5.49. The summed E-state index contributed by atoms with van der Waals surface area (Å²) in [5.41, 5.74) is 1.73. The number of nitrogens with one attached hydrogen (secondary N) is 2. The highest BCUT2D eigenvalue weighted by Gasteiger charge is 2.22. The first-order valence-corrected chi connectivity index (χ1v) is 6.29. The van der Waals surface area contributed by atoms with Gasteiger partial charge in [-0.3, -0.25) is 9.78 Å². The molecule has 0 saturated carbocycles. The third kappa shape index (κ3) is 3.04. The standard InChI is InChI=1S/C15H16N4O/c1-15(2,13-3-4-17-9-13)10-19-14(20)12-5-11(6-16)7-18-8-12/h3-5,7-9,17H,10H2,1-2H3,(H,19,20). The van der Waals surface area contributed by atoms with Gasteiger partial charge in [0.05, 0.1) is 11.1 Å². The van der Waals surface area contributed by atoms with Gasteiger partial charge in [-0.1, -0.05) is 13.8 Å². The van der Waals surface area contributed by atoms with Gasteiger partial charge in [-0.25, -0.2) is 0 Å². The summed E-state index contributed by atoms with van der Waals surface area (Å²) in [6.45, 7) is 4.61. The van der Waals surface area contributed by atoms with E-state index in [0.29, 0.717) is 17.7 Å². The lowest BCUT2D eigenvalue weighted by molar-refractivity contribution is 0.0945. The summed E-state index contributed by atoms with van der Waals surface area (Å²) in [4.78, 5) is 19.0. The van der Waals surface area contributed by atoms with E-state index in [-0.39, 0.29) is 11.3 Å². The van der Waals surface area contributed by atoms with E-state index in [4.69, 9.17) is 5.26 Å². The summed E-state index contributed by atoms with van der Waals surface area (Å²) in [5.74, 6) is -0.224. The smallest absolute Gasteiger partial charge is 0.252 e. The van der Waals surface area contributed by atoms with E-state index in [0.717, 1.165) is 5.56 Å². The van der Waals surface area contributed by atoms with Crippen molar-refractivity contribution >= 4 is 5.91 Å². The Labute approximate surface area is 117 Å². The molecule has 102 valence electrons. The van der Waals surface area contributed by atoms with Crippen molar-refractivity contribution in [2.75, 3.05) is 6.54 Å². The maximum absolute atomic E-state index is 12.1. The van der Waals surface area contributed by atoms with Crippen molar-refractivity contribution in [3.05, 3.63) is 53.6 Å². The van der Waals surface area contributed by atoms with Gasteiger partial charge in [0.1, 0.15) is 6.07 Å². The number of nitriles is 1. The molecule has 2 rings (SSSR count). The third-order valence-electron chi connectivity index (χ3n) is 3.20. The second-order valence-electron chi connectivity index (χ2n) is 5.24. The molecule has 0 aliphatic heterocycles. The molecular weight excluding hydrogens is 252 g/mol. The van der Waals surface area contributed by atoms with Crippen molar-refractivity contribution in [1.29, 1.82) is 5.26 Å². The van der Waals surface area contributed by atoms with Gasteiger partial charge in [0.2, 0.25) is 0 Å². The Morgan fingerprint density at radius 1 is 1.50 bits per heavy atom. The molecule has 2 N–H and O–H groups in total. The van der Waals surface area contributed by atoms with Crippen molar-refractivity contribution < 1.29 is 4.79 Å². The minimum atomic E-state index is -0.224. The van der Waals surface area contributed by atoms with E-state index in [1.165, 1.54) is 18.5 Å². The van der Waals surface area contributed by atoms with Crippen molar-refractivity contribution in [3.63, 3.8) is 0 Å². The maximum atomic E-state index is 12.1. The minimum absolute atomic E-state index is 0.171. The molecule has 0 aliphatic rings. The minimum Gasteiger partial charge on any atom is -0.367 e. The Balaban J connectivity index is 2.04. The molecule has 0 aromatic carbocycles. The Morgan fingerprint density at radius 3 is 2.95 bits per heavy atom. The fourth-order valence-electron chi connectivity index (χ4n) is 1.88. The molecular formula is C15H16N4O. The van der Waals surface area contributed by atoms with Crippen molar-refractivity contribution in [2.24, 2.45) is 0 Å². The number of carbonyl (C=O) groups excluding carboxylic acids is 1. The first-order chi connectivity index (χ1) is 9.53. The number of hydrogen-bond donors (Lipinski definition) is 2. The number of aromatic amines is 1. The van der Waals surface area contributed by atoms with Crippen LogP contribution in [0.2, 0.25) is 0 Å². The van der Waals surface area contributed by atoms with E-state index in [2.05, 4.69) is 29.1 Å². The molecule has 20 heavy (non-hydrogen) atoms. The van der Waals surface area contributed by atoms with Crippen LogP contribution in [0.15, 0.2) is 36.9 Å². The van der Waals surface area contributed by atoms with E-state index in [9.17, 15) is 4.79 Å². The summed E-state index contributed by atoms with van der Waals surface area (Å²) in [6.07, 6.45) is 6.67. The molecule has 0 saturated heterocycles. The normalized spacial score (nSPS) is 10.8. The molecule has 5 heteroatoms. The Kier molecular flexibility index (Phi) is 3.85. The predicted octanol–water partition coefficient (Wildman–Crippen LogP) is 1.99. The molecule has 0 bridgehead atoms. The number of H-pyrrole nitrogens is 1. The van der Waals surface area contributed by atoms with Gasteiger partial charge < -0.3 is 10.3 Å². The van der Waals surface area contributed by atoms with Crippen LogP contribution in [-0.2, 0) is 5.41 Å². The molecule has 0 spiro atoms. The number of hydrogen-bond acceptors (Lipinski definition) is 3. The first kappa shape index (κ1) is 13.8. The van der Waals surface area contributed by atoms with Crippen LogP contribution in [0.4, 0.5) is 0 Å². The number of nitrogens with zero attached hydrogens (tertiary/aromatic N) is 2. The van der Waals surface area contributed by atoms with Crippen molar-refractivity contribution in [1.82, 2.24) is 15.3 Å². The molecule has 5 nitrogen and oxygen atoms in total. The fraction of sp³-hybridized carbons (Fsp3) is 0.267.